The van der Waals surface area contributed by atoms with Crippen LogP contribution in [0.15, 0.2) is 48.5 Å². The van der Waals surface area contributed by atoms with Crippen molar-refractivity contribution >= 4 is 35.0 Å². The first-order valence-corrected chi connectivity index (χ1v) is 9.85. The first kappa shape index (κ1) is 21.1. The third kappa shape index (κ3) is 5.05. The molecule has 0 N–H and O–H groups in total. The van der Waals surface area contributed by atoms with Crippen LogP contribution in [0.2, 0.25) is 10.2 Å². The topological polar surface area (TPSA) is 61.2 Å². The summed E-state index contributed by atoms with van der Waals surface area (Å²) in [5, 5.41) is 0.237. The van der Waals surface area contributed by atoms with Crippen LogP contribution < -0.4 is 0 Å². The van der Waals surface area contributed by atoms with Gasteiger partial charge in [0.15, 0.2) is 12.3 Å². The molecule has 0 saturated carbocycles. The molecule has 2 heterocycles. The van der Waals surface area contributed by atoms with Crippen molar-refractivity contribution in [2.24, 2.45) is 0 Å². The van der Waals surface area contributed by atoms with E-state index in [0.29, 0.717) is 5.56 Å². The number of Topliss-reactive ketones (excluding diaryl/α,β-unsaturated/α-hetero) is 1. The maximum Gasteiger partial charge on any atom is 0.359 e. The van der Waals surface area contributed by atoms with Crippen LogP contribution in [0, 0.1) is 13.8 Å². The van der Waals surface area contributed by atoms with E-state index in [-0.39, 0.29) is 21.7 Å². The monoisotopic (exact) mass is 430 g/mol. The SMILES string of the molecule is Cc1cc(C(=O)COC(=O)c2nc(Cl)ccc2Cl)c(C)n1CCc1ccccc1. The Morgan fingerprint density at radius 2 is 1.79 bits per heavy atom. The van der Waals surface area contributed by atoms with Crippen molar-refractivity contribution < 1.29 is 14.3 Å². The average molecular weight is 431 g/mol. The third-order valence-electron chi connectivity index (χ3n) is 4.68. The fourth-order valence-corrected chi connectivity index (χ4v) is 3.48. The van der Waals surface area contributed by atoms with Crippen LogP contribution in [0.4, 0.5) is 0 Å². The maximum absolute atomic E-state index is 12.6. The minimum absolute atomic E-state index is 0.111. The van der Waals surface area contributed by atoms with Gasteiger partial charge in [0.05, 0.1) is 5.02 Å². The van der Waals surface area contributed by atoms with E-state index in [1.54, 1.807) is 0 Å². The number of hydrogen-bond donors (Lipinski definition) is 0. The second-order valence-electron chi connectivity index (χ2n) is 6.64. The van der Waals surface area contributed by atoms with Crippen LogP contribution >= 0.6 is 23.2 Å². The summed E-state index contributed by atoms with van der Waals surface area (Å²) in [6.45, 7) is 4.21. The minimum atomic E-state index is -0.788. The van der Waals surface area contributed by atoms with Gasteiger partial charge in [-0.1, -0.05) is 53.5 Å². The predicted molar refractivity (Wildman–Crippen MR) is 113 cm³/mol. The van der Waals surface area contributed by atoms with E-state index in [1.165, 1.54) is 17.7 Å². The molecule has 3 aromatic rings. The number of rotatable bonds is 7. The van der Waals surface area contributed by atoms with Gasteiger partial charge in [-0.05, 0) is 44.0 Å². The molecule has 2 aromatic heterocycles. The average Bonchev–Trinajstić information content (AvgIpc) is 3.00. The molecular weight excluding hydrogens is 411 g/mol. The second-order valence-corrected chi connectivity index (χ2v) is 7.43. The Balaban J connectivity index is 1.66. The van der Waals surface area contributed by atoms with Crippen LogP contribution in [0.1, 0.15) is 37.8 Å². The summed E-state index contributed by atoms with van der Waals surface area (Å²) in [5.74, 6) is -1.07. The van der Waals surface area contributed by atoms with Gasteiger partial charge in [0.1, 0.15) is 5.15 Å². The van der Waals surface area contributed by atoms with Gasteiger partial charge in [0.2, 0.25) is 5.78 Å². The number of ketones is 1. The normalized spacial score (nSPS) is 10.8. The zero-order valence-electron chi connectivity index (χ0n) is 16.1. The molecule has 0 bridgehead atoms. The Kier molecular flexibility index (Phi) is 6.72. The summed E-state index contributed by atoms with van der Waals surface area (Å²) >= 11 is 11.7. The van der Waals surface area contributed by atoms with Gasteiger partial charge in [-0.2, -0.15) is 0 Å². The van der Waals surface area contributed by atoms with Gasteiger partial charge in [-0.15, -0.1) is 0 Å². The molecule has 7 heteroatoms. The number of carbonyl (C=O) groups is 2. The lowest BCUT2D eigenvalue weighted by molar-refractivity contribution is 0.0469. The number of nitrogens with zero attached hydrogens (tertiary/aromatic N) is 2. The van der Waals surface area contributed by atoms with E-state index in [4.69, 9.17) is 27.9 Å². The highest BCUT2D eigenvalue weighted by molar-refractivity contribution is 6.34. The molecule has 0 aliphatic heterocycles. The van der Waals surface area contributed by atoms with Crippen molar-refractivity contribution in [2.75, 3.05) is 6.61 Å². The van der Waals surface area contributed by atoms with Gasteiger partial charge in [0.25, 0.3) is 0 Å². The predicted octanol–water partition coefficient (Wildman–Crippen LogP) is 5.09. The Bertz CT molecular complexity index is 1050. The highest BCUT2D eigenvalue weighted by atomic mass is 35.5. The lowest BCUT2D eigenvalue weighted by Crippen LogP contribution is -2.16. The molecule has 3 rings (SSSR count). The molecule has 29 heavy (non-hydrogen) atoms. The zero-order chi connectivity index (χ0) is 21.0. The van der Waals surface area contributed by atoms with Gasteiger partial charge in [-0.25, -0.2) is 9.78 Å². The molecule has 0 radical (unpaired) electrons. The van der Waals surface area contributed by atoms with Crippen molar-refractivity contribution in [2.45, 2.75) is 26.8 Å². The van der Waals surface area contributed by atoms with E-state index in [2.05, 4.69) is 21.7 Å². The van der Waals surface area contributed by atoms with Gasteiger partial charge < -0.3 is 9.30 Å². The minimum Gasteiger partial charge on any atom is -0.453 e. The second kappa shape index (κ2) is 9.25. The van der Waals surface area contributed by atoms with Crippen molar-refractivity contribution in [1.82, 2.24) is 9.55 Å². The fraction of sp³-hybridized carbons (Fsp3) is 0.227. The summed E-state index contributed by atoms with van der Waals surface area (Å²) in [4.78, 5) is 28.7. The summed E-state index contributed by atoms with van der Waals surface area (Å²) in [5.41, 5.74) is 3.48. The number of aromatic nitrogens is 2. The van der Waals surface area contributed by atoms with Crippen LogP contribution in [-0.4, -0.2) is 27.9 Å². The zero-order valence-corrected chi connectivity index (χ0v) is 17.6. The van der Waals surface area contributed by atoms with Gasteiger partial charge >= 0.3 is 5.97 Å². The Hall–Kier alpha value is -2.63. The standard InChI is InChI=1S/C22H20Cl2N2O3/c1-14-12-17(15(2)26(14)11-10-16-6-4-3-5-7-16)19(27)13-29-22(28)21-18(23)8-9-20(24)25-21/h3-9,12H,10-11,13H2,1-2H3. The molecule has 0 aliphatic rings. The van der Waals surface area contributed by atoms with E-state index in [1.807, 2.05) is 38.1 Å². The molecule has 0 unspecified atom stereocenters. The number of ether oxygens (including phenoxy) is 1. The van der Waals surface area contributed by atoms with Crippen LogP contribution in [-0.2, 0) is 17.7 Å². The van der Waals surface area contributed by atoms with Gasteiger partial charge in [0, 0.05) is 23.5 Å². The van der Waals surface area contributed by atoms with Crippen molar-refractivity contribution in [3.05, 3.63) is 86.9 Å². The first-order chi connectivity index (χ1) is 13.9. The number of benzene rings is 1. The first-order valence-electron chi connectivity index (χ1n) is 9.10. The lowest BCUT2D eigenvalue weighted by atomic mass is 10.1. The highest BCUT2D eigenvalue weighted by Gasteiger charge is 2.20. The van der Waals surface area contributed by atoms with Gasteiger partial charge in [-0.3, -0.25) is 4.79 Å². The maximum atomic E-state index is 12.6. The van der Waals surface area contributed by atoms with Crippen LogP contribution in [0.25, 0.3) is 0 Å². The smallest absolute Gasteiger partial charge is 0.359 e. The van der Waals surface area contributed by atoms with E-state index in [0.717, 1.165) is 24.4 Å². The highest BCUT2D eigenvalue weighted by Crippen LogP contribution is 2.19. The largest absolute Gasteiger partial charge is 0.453 e. The van der Waals surface area contributed by atoms with Crippen molar-refractivity contribution in [3.63, 3.8) is 0 Å². The molecular formula is C22H20Cl2N2O3. The Labute approximate surface area is 179 Å². The number of esters is 1. The van der Waals surface area contributed by atoms with E-state index < -0.39 is 12.6 Å². The number of halogens is 2. The molecule has 0 fully saturated rings. The van der Waals surface area contributed by atoms with Crippen molar-refractivity contribution in [3.8, 4) is 0 Å². The summed E-state index contributed by atoms with van der Waals surface area (Å²) < 4.78 is 7.20. The van der Waals surface area contributed by atoms with Crippen LogP contribution in [0.3, 0.4) is 0 Å². The number of hydrogen-bond acceptors (Lipinski definition) is 4. The quantitative estimate of drug-likeness (QED) is 0.297. The molecule has 0 saturated heterocycles. The molecule has 150 valence electrons. The molecule has 0 atom stereocenters. The summed E-state index contributed by atoms with van der Waals surface area (Å²) in [6.07, 6.45) is 0.860. The fourth-order valence-electron chi connectivity index (χ4n) is 3.15. The van der Waals surface area contributed by atoms with E-state index >= 15 is 0 Å². The van der Waals surface area contributed by atoms with E-state index in [9.17, 15) is 9.59 Å². The molecule has 0 amide bonds. The number of pyridine rings is 1. The summed E-state index contributed by atoms with van der Waals surface area (Å²) in [7, 11) is 0. The third-order valence-corrected chi connectivity index (χ3v) is 5.20. The number of carbonyl (C=O) groups excluding carboxylic acids is 2. The Morgan fingerprint density at radius 3 is 2.52 bits per heavy atom. The van der Waals surface area contributed by atoms with Crippen molar-refractivity contribution in [1.29, 1.82) is 0 Å². The number of aryl methyl sites for hydroxylation is 2. The molecule has 0 aliphatic carbocycles. The summed E-state index contributed by atoms with van der Waals surface area (Å²) in [6, 6.07) is 14.9. The van der Waals surface area contributed by atoms with Crippen LogP contribution in [0.5, 0.6) is 0 Å². The Morgan fingerprint density at radius 1 is 1.07 bits per heavy atom. The lowest BCUT2D eigenvalue weighted by Gasteiger charge is -2.10. The molecule has 0 spiro atoms. The molecule has 5 nitrogen and oxygen atoms in total. The molecule has 1 aromatic carbocycles.